The van der Waals surface area contributed by atoms with E-state index in [-0.39, 0.29) is 0 Å². The third-order valence-corrected chi connectivity index (χ3v) is 2.81. The lowest BCUT2D eigenvalue weighted by Gasteiger charge is -2.30. The summed E-state index contributed by atoms with van der Waals surface area (Å²) in [5.41, 5.74) is 1.36. The summed E-state index contributed by atoms with van der Waals surface area (Å²) in [5.74, 6) is 1.33. The van der Waals surface area contributed by atoms with Gasteiger partial charge in [-0.25, -0.2) is 0 Å². The summed E-state index contributed by atoms with van der Waals surface area (Å²) in [6.45, 7) is 6.64. The van der Waals surface area contributed by atoms with E-state index in [2.05, 4.69) is 13.5 Å². The highest BCUT2D eigenvalue weighted by Crippen LogP contribution is 2.34. The van der Waals surface area contributed by atoms with Crippen molar-refractivity contribution in [2.45, 2.75) is 32.6 Å². The van der Waals surface area contributed by atoms with Crippen LogP contribution in [0.15, 0.2) is 12.2 Å². The average molecular weight is 154 g/mol. The highest BCUT2D eigenvalue weighted by molar-refractivity contribution is 5.05. The molecule has 0 aliphatic heterocycles. The second kappa shape index (κ2) is 3.91. The molecule has 0 bridgehead atoms. The Balaban J connectivity index is 2.48. The van der Waals surface area contributed by atoms with E-state index in [1.54, 1.807) is 0 Å². The highest BCUT2D eigenvalue weighted by atomic mass is 16.3. The number of aliphatic hydroxyl groups excluding tert-OH is 1. The Morgan fingerprint density at radius 3 is 2.91 bits per heavy atom. The van der Waals surface area contributed by atoms with Crippen LogP contribution in [0.2, 0.25) is 0 Å². The highest BCUT2D eigenvalue weighted by Gasteiger charge is 2.23. The van der Waals surface area contributed by atoms with E-state index in [0.29, 0.717) is 12.5 Å². The number of aliphatic hydroxyl groups is 1. The second-order valence-corrected chi connectivity index (χ2v) is 3.65. The summed E-state index contributed by atoms with van der Waals surface area (Å²) in [5, 5.41) is 8.81. The van der Waals surface area contributed by atoms with E-state index in [1.165, 1.54) is 24.8 Å². The molecule has 1 saturated carbocycles. The molecule has 0 aromatic heterocycles. The lowest BCUT2D eigenvalue weighted by atomic mass is 9.76. The zero-order chi connectivity index (χ0) is 8.27. The molecule has 0 aromatic rings. The van der Waals surface area contributed by atoms with Crippen LogP contribution < -0.4 is 0 Å². The molecule has 1 N–H and O–H groups in total. The van der Waals surface area contributed by atoms with Gasteiger partial charge in [0.15, 0.2) is 0 Å². The van der Waals surface area contributed by atoms with E-state index in [4.69, 9.17) is 5.11 Å². The molecule has 0 aromatic carbocycles. The van der Waals surface area contributed by atoms with Crippen LogP contribution in [-0.4, -0.2) is 11.7 Å². The van der Waals surface area contributed by atoms with Crippen molar-refractivity contribution in [1.29, 1.82) is 0 Å². The standard InChI is InChI=1S/C10H18O/c1-8-4-3-5-9(2)10(8)6-7-11/h9-11H,1,3-7H2,2H3/t9-,10-/m1/s1. The summed E-state index contributed by atoms with van der Waals surface area (Å²) in [7, 11) is 0. The Hall–Kier alpha value is -0.300. The largest absolute Gasteiger partial charge is 0.396 e. The first kappa shape index (κ1) is 8.79. The third kappa shape index (κ3) is 2.06. The predicted molar refractivity (Wildman–Crippen MR) is 47.3 cm³/mol. The van der Waals surface area contributed by atoms with E-state index in [0.717, 1.165) is 12.3 Å². The number of allylic oxidation sites excluding steroid dienone is 1. The van der Waals surface area contributed by atoms with E-state index in [9.17, 15) is 0 Å². The van der Waals surface area contributed by atoms with Gasteiger partial charge in [0.1, 0.15) is 0 Å². The lowest BCUT2D eigenvalue weighted by Crippen LogP contribution is -2.19. The molecule has 0 unspecified atom stereocenters. The fourth-order valence-corrected chi connectivity index (χ4v) is 2.07. The van der Waals surface area contributed by atoms with Gasteiger partial charge in [0, 0.05) is 6.61 Å². The first-order valence-electron chi connectivity index (χ1n) is 4.54. The molecule has 0 amide bonds. The van der Waals surface area contributed by atoms with Crippen molar-refractivity contribution in [3.63, 3.8) is 0 Å². The molecule has 0 heterocycles. The summed E-state index contributed by atoms with van der Waals surface area (Å²) >= 11 is 0. The molecule has 0 radical (unpaired) electrons. The van der Waals surface area contributed by atoms with Crippen LogP contribution in [0.5, 0.6) is 0 Å². The number of hydrogen-bond acceptors (Lipinski definition) is 1. The maximum atomic E-state index is 8.81. The minimum absolute atomic E-state index is 0.314. The van der Waals surface area contributed by atoms with Crippen molar-refractivity contribution in [2.75, 3.05) is 6.61 Å². The van der Waals surface area contributed by atoms with Gasteiger partial charge in [0.25, 0.3) is 0 Å². The van der Waals surface area contributed by atoms with Crippen LogP contribution in [0.4, 0.5) is 0 Å². The molecule has 1 heteroatoms. The minimum atomic E-state index is 0.314. The van der Waals surface area contributed by atoms with Crippen molar-refractivity contribution in [3.05, 3.63) is 12.2 Å². The van der Waals surface area contributed by atoms with Crippen molar-refractivity contribution in [3.8, 4) is 0 Å². The van der Waals surface area contributed by atoms with Crippen LogP contribution in [0.3, 0.4) is 0 Å². The summed E-state index contributed by atoms with van der Waals surface area (Å²) < 4.78 is 0. The Kier molecular flexibility index (Phi) is 3.13. The topological polar surface area (TPSA) is 20.2 Å². The summed E-state index contributed by atoms with van der Waals surface area (Å²) in [6.07, 6.45) is 4.70. The molecule has 2 atom stereocenters. The van der Waals surface area contributed by atoms with Gasteiger partial charge in [-0.15, -0.1) is 0 Å². The molecule has 1 aliphatic carbocycles. The number of hydrogen-bond donors (Lipinski definition) is 1. The van der Waals surface area contributed by atoms with Crippen LogP contribution in [0.1, 0.15) is 32.6 Å². The normalized spacial score (nSPS) is 32.4. The van der Waals surface area contributed by atoms with E-state index in [1.807, 2.05) is 0 Å². The van der Waals surface area contributed by atoms with Gasteiger partial charge in [0.05, 0.1) is 0 Å². The van der Waals surface area contributed by atoms with Crippen molar-refractivity contribution in [1.82, 2.24) is 0 Å². The van der Waals surface area contributed by atoms with Crippen molar-refractivity contribution in [2.24, 2.45) is 11.8 Å². The van der Waals surface area contributed by atoms with Crippen LogP contribution in [-0.2, 0) is 0 Å². The smallest absolute Gasteiger partial charge is 0.0436 e. The van der Waals surface area contributed by atoms with E-state index >= 15 is 0 Å². The molecule has 64 valence electrons. The molecule has 1 rings (SSSR count). The van der Waals surface area contributed by atoms with Crippen LogP contribution in [0.25, 0.3) is 0 Å². The third-order valence-electron chi connectivity index (χ3n) is 2.81. The molecular weight excluding hydrogens is 136 g/mol. The van der Waals surface area contributed by atoms with Crippen LogP contribution >= 0.6 is 0 Å². The quantitative estimate of drug-likeness (QED) is 0.605. The average Bonchev–Trinajstić information content (AvgIpc) is 1.97. The zero-order valence-electron chi connectivity index (χ0n) is 7.34. The van der Waals surface area contributed by atoms with Gasteiger partial charge in [0.2, 0.25) is 0 Å². The summed E-state index contributed by atoms with van der Waals surface area (Å²) in [6, 6.07) is 0. The zero-order valence-corrected chi connectivity index (χ0v) is 7.34. The van der Waals surface area contributed by atoms with Gasteiger partial charge >= 0.3 is 0 Å². The number of rotatable bonds is 2. The van der Waals surface area contributed by atoms with Gasteiger partial charge in [-0.3, -0.25) is 0 Å². The Morgan fingerprint density at radius 2 is 2.36 bits per heavy atom. The Bertz CT molecular complexity index is 140. The fraction of sp³-hybridized carbons (Fsp3) is 0.800. The predicted octanol–water partition coefficient (Wildman–Crippen LogP) is 2.36. The van der Waals surface area contributed by atoms with Gasteiger partial charge in [-0.1, -0.05) is 19.1 Å². The van der Waals surface area contributed by atoms with Gasteiger partial charge < -0.3 is 5.11 Å². The van der Waals surface area contributed by atoms with Crippen molar-refractivity contribution >= 4 is 0 Å². The summed E-state index contributed by atoms with van der Waals surface area (Å²) in [4.78, 5) is 0. The molecule has 0 spiro atoms. The maximum Gasteiger partial charge on any atom is 0.0436 e. The lowest BCUT2D eigenvalue weighted by molar-refractivity contribution is 0.223. The molecule has 0 saturated heterocycles. The van der Waals surface area contributed by atoms with Crippen molar-refractivity contribution < 1.29 is 5.11 Å². The van der Waals surface area contributed by atoms with Gasteiger partial charge in [-0.2, -0.15) is 0 Å². The molecule has 11 heavy (non-hydrogen) atoms. The molecule has 1 nitrogen and oxygen atoms in total. The first-order valence-corrected chi connectivity index (χ1v) is 4.54. The fourth-order valence-electron chi connectivity index (χ4n) is 2.07. The second-order valence-electron chi connectivity index (χ2n) is 3.65. The maximum absolute atomic E-state index is 8.81. The first-order chi connectivity index (χ1) is 5.25. The SMILES string of the molecule is C=C1CCC[C@@H](C)[C@@H]1CCO. The van der Waals surface area contributed by atoms with Gasteiger partial charge in [-0.05, 0) is 37.5 Å². The minimum Gasteiger partial charge on any atom is -0.396 e. The van der Waals surface area contributed by atoms with Crippen LogP contribution in [0, 0.1) is 11.8 Å². The monoisotopic (exact) mass is 154 g/mol. The molecular formula is C10H18O. The molecule has 1 fully saturated rings. The Morgan fingerprint density at radius 1 is 1.64 bits per heavy atom. The Labute approximate surface area is 69.1 Å². The molecule has 1 aliphatic rings. The van der Waals surface area contributed by atoms with E-state index < -0.39 is 0 Å².